The smallest absolute Gasteiger partial charge is 0.255 e. The van der Waals surface area contributed by atoms with Gasteiger partial charge < -0.3 is 15.0 Å². The Morgan fingerprint density at radius 3 is 2.52 bits per heavy atom. The molecule has 0 radical (unpaired) electrons. The molecule has 5 nitrogen and oxygen atoms in total. The average molecular weight is 395 g/mol. The number of benzene rings is 2. The van der Waals surface area contributed by atoms with Gasteiger partial charge in [0.1, 0.15) is 12.4 Å². The molecular weight excluding hydrogens is 364 g/mol. The van der Waals surface area contributed by atoms with Crippen LogP contribution in [0.25, 0.3) is 0 Å². The summed E-state index contributed by atoms with van der Waals surface area (Å²) in [5.74, 6) is 1.00. The Balaban J connectivity index is 1.90. The van der Waals surface area contributed by atoms with E-state index in [1.165, 1.54) is 0 Å². The van der Waals surface area contributed by atoms with Crippen molar-refractivity contribution < 1.29 is 14.3 Å². The maximum atomic E-state index is 13.2. The van der Waals surface area contributed by atoms with E-state index in [1.807, 2.05) is 56.0 Å². The highest BCUT2D eigenvalue weighted by molar-refractivity contribution is 6.05. The van der Waals surface area contributed by atoms with Crippen molar-refractivity contribution in [1.82, 2.24) is 0 Å². The number of anilines is 2. The second-order valence-electron chi connectivity index (χ2n) is 8.81. The van der Waals surface area contributed by atoms with E-state index in [9.17, 15) is 9.59 Å². The first kappa shape index (κ1) is 20.9. The van der Waals surface area contributed by atoms with E-state index >= 15 is 0 Å². The fourth-order valence-electron chi connectivity index (χ4n) is 3.24. The first-order chi connectivity index (χ1) is 13.7. The minimum atomic E-state index is -0.610. The second kappa shape index (κ2) is 8.27. The first-order valence-electron chi connectivity index (χ1n) is 10.1. The molecule has 0 atom stereocenters. The number of fused-ring (bicyclic) bond motifs is 1. The first-order valence-corrected chi connectivity index (χ1v) is 10.1. The molecule has 154 valence electrons. The molecule has 0 unspecified atom stereocenters. The van der Waals surface area contributed by atoms with Crippen LogP contribution < -0.4 is 15.0 Å². The van der Waals surface area contributed by atoms with Crippen molar-refractivity contribution >= 4 is 23.2 Å². The molecule has 1 aliphatic heterocycles. The van der Waals surface area contributed by atoms with Crippen LogP contribution in [0.15, 0.2) is 42.5 Å². The lowest BCUT2D eigenvalue weighted by atomic mass is 9.92. The van der Waals surface area contributed by atoms with E-state index in [-0.39, 0.29) is 11.8 Å². The van der Waals surface area contributed by atoms with Gasteiger partial charge in [-0.2, -0.15) is 0 Å². The fourth-order valence-corrected chi connectivity index (χ4v) is 3.24. The molecule has 0 saturated heterocycles. The van der Waals surface area contributed by atoms with Crippen molar-refractivity contribution in [2.45, 2.75) is 41.0 Å². The molecule has 0 fully saturated rings. The molecule has 0 aliphatic carbocycles. The van der Waals surface area contributed by atoms with Gasteiger partial charge in [-0.3, -0.25) is 9.59 Å². The molecule has 0 spiro atoms. The molecule has 2 aromatic rings. The number of rotatable bonds is 5. The van der Waals surface area contributed by atoms with E-state index in [2.05, 4.69) is 19.2 Å². The van der Waals surface area contributed by atoms with Crippen LogP contribution in [0.5, 0.6) is 5.75 Å². The van der Waals surface area contributed by atoms with Crippen molar-refractivity contribution in [3.8, 4) is 5.75 Å². The number of hydrogen-bond donors (Lipinski definition) is 1. The van der Waals surface area contributed by atoms with Crippen molar-refractivity contribution in [2.75, 3.05) is 23.4 Å². The Morgan fingerprint density at radius 1 is 1.17 bits per heavy atom. The van der Waals surface area contributed by atoms with Crippen molar-refractivity contribution in [1.29, 1.82) is 0 Å². The summed E-state index contributed by atoms with van der Waals surface area (Å²) >= 11 is 0. The molecular formula is C24H30N2O3. The van der Waals surface area contributed by atoms with Crippen molar-refractivity contribution in [3.05, 3.63) is 53.6 Å². The number of hydrogen-bond acceptors (Lipinski definition) is 3. The molecule has 5 heteroatoms. The molecule has 0 bridgehead atoms. The molecule has 1 heterocycles. The van der Waals surface area contributed by atoms with Crippen LogP contribution >= 0.6 is 0 Å². The number of carbonyl (C=O) groups is 2. The van der Waals surface area contributed by atoms with Gasteiger partial charge in [-0.15, -0.1) is 0 Å². The minimum Gasteiger partial charge on any atom is -0.490 e. The largest absolute Gasteiger partial charge is 0.490 e. The lowest BCUT2D eigenvalue weighted by Gasteiger charge is -2.28. The zero-order chi connectivity index (χ0) is 21.2. The van der Waals surface area contributed by atoms with Crippen LogP contribution in [-0.4, -0.2) is 25.0 Å². The van der Waals surface area contributed by atoms with Crippen LogP contribution in [0, 0.1) is 18.3 Å². The number of nitrogens with one attached hydrogen (secondary N) is 1. The number of carbonyl (C=O) groups excluding carboxylic acids is 2. The van der Waals surface area contributed by atoms with Gasteiger partial charge in [0, 0.05) is 17.8 Å². The molecule has 1 N–H and O–H groups in total. The van der Waals surface area contributed by atoms with E-state index in [4.69, 9.17) is 4.74 Å². The summed E-state index contributed by atoms with van der Waals surface area (Å²) in [5, 5.41) is 2.94. The lowest BCUT2D eigenvalue weighted by molar-refractivity contribution is -0.127. The van der Waals surface area contributed by atoms with Gasteiger partial charge in [0.15, 0.2) is 0 Å². The van der Waals surface area contributed by atoms with E-state index < -0.39 is 5.41 Å². The van der Waals surface area contributed by atoms with Gasteiger partial charge in [-0.1, -0.05) is 31.5 Å². The van der Waals surface area contributed by atoms with Gasteiger partial charge in [0.2, 0.25) is 5.91 Å². The highest BCUT2D eigenvalue weighted by Gasteiger charge is 2.37. The summed E-state index contributed by atoms with van der Waals surface area (Å²) < 4.78 is 5.95. The van der Waals surface area contributed by atoms with Crippen molar-refractivity contribution in [3.63, 3.8) is 0 Å². The zero-order valence-corrected chi connectivity index (χ0v) is 17.9. The van der Waals surface area contributed by atoms with Gasteiger partial charge in [-0.05, 0) is 63.4 Å². The summed E-state index contributed by atoms with van der Waals surface area (Å²) in [5.41, 5.74) is 2.44. The van der Waals surface area contributed by atoms with E-state index in [1.54, 1.807) is 12.1 Å². The molecule has 2 amide bonds. The topological polar surface area (TPSA) is 58.6 Å². The van der Waals surface area contributed by atoms with Crippen molar-refractivity contribution in [2.24, 2.45) is 11.3 Å². The lowest BCUT2D eigenvalue weighted by Crippen LogP contribution is -2.42. The summed E-state index contributed by atoms with van der Waals surface area (Å²) in [4.78, 5) is 27.6. The Labute approximate surface area is 173 Å². The Morgan fingerprint density at radius 2 is 1.86 bits per heavy atom. The highest BCUT2D eigenvalue weighted by atomic mass is 16.5. The quantitative estimate of drug-likeness (QED) is 0.772. The van der Waals surface area contributed by atoms with Crippen LogP contribution in [0.2, 0.25) is 0 Å². The molecule has 29 heavy (non-hydrogen) atoms. The van der Waals surface area contributed by atoms with E-state index in [0.29, 0.717) is 41.8 Å². The Hall–Kier alpha value is -2.82. The number of nitrogens with zero attached hydrogens (tertiary/aromatic N) is 1. The minimum absolute atomic E-state index is 0.0407. The second-order valence-corrected chi connectivity index (χ2v) is 8.81. The summed E-state index contributed by atoms with van der Waals surface area (Å²) in [6.07, 6.45) is 0.890. The standard InChI is InChI=1S/C24H30N2O3/c1-16(2)12-13-26-20-14-19(25-22(27)18-8-6-17(3)7-9-18)10-11-21(20)29-15-24(4,5)23(26)28/h6-11,14,16H,12-13,15H2,1-5H3,(H,25,27). The number of aryl methyl sites for hydroxylation is 1. The highest BCUT2D eigenvalue weighted by Crippen LogP contribution is 2.38. The maximum absolute atomic E-state index is 13.2. The third kappa shape index (κ3) is 4.78. The monoisotopic (exact) mass is 394 g/mol. The van der Waals surface area contributed by atoms with Crippen LogP contribution in [0.1, 0.15) is 50.0 Å². The van der Waals surface area contributed by atoms with Crippen LogP contribution in [0.3, 0.4) is 0 Å². The van der Waals surface area contributed by atoms with Crippen LogP contribution in [-0.2, 0) is 4.79 Å². The number of amides is 2. The van der Waals surface area contributed by atoms with Crippen LogP contribution in [0.4, 0.5) is 11.4 Å². The summed E-state index contributed by atoms with van der Waals surface area (Å²) in [7, 11) is 0. The average Bonchev–Trinajstić information content (AvgIpc) is 2.76. The normalized spacial score (nSPS) is 15.5. The van der Waals surface area contributed by atoms with Gasteiger partial charge in [0.25, 0.3) is 5.91 Å². The third-order valence-electron chi connectivity index (χ3n) is 5.16. The third-order valence-corrected chi connectivity index (χ3v) is 5.16. The Kier molecular flexibility index (Phi) is 5.96. The van der Waals surface area contributed by atoms with Gasteiger partial charge in [-0.25, -0.2) is 0 Å². The van der Waals surface area contributed by atoms with Gasteiger partial charge in [0.05, 0.1) is 11.1 Å². The van der Waals surface area contributed by atoms with Gasteiger partial charge >= 0.3 is 0 Å². The molecule has 0 aromatic heterocycles. The number of ether oxygens (including phenoxy) is 1. The molecule has 1 aliphatic rings. The zero-order valence-electron chi connectivity index (χ0n) is 17.9. The summed E-state index contributed by atoms with van der Waals surface area (Å²) in [6.45, 7) is 11.0. The predicted molar refractivity (Wildman–Crippen MR) is 117 cm³/mol. The predicted octanol–water partition coefficient (Wildman–Crippen LogP) is 5.05. The Bertz CT molecular complexity index is 901. The fraction of sp³-hybridized carbons (Fsp3) is 0.417. The van der Waals surface area contributed by atoms with E-state index in [0.717, 1.165) is 12.0 Å². The summed E-state index contributed by atoms with van der Waals surface area (Å²) in [6, 6.07) is 12.9. The SMILES string of the molecule is Cc1ccc(C(=O)Nc2ccc3c(c2)N(CCC(C)C)C(=O)C(C)(C)CO3)cc1. The molecule has 3 rings (SSSR count). The maximum Gasteiger partial charge on any atom is 0.255 e. The molecule has 0 saturated carbocycles. The molecule has 2 aromatic carbocycles.